The Morgan fingerprint density at radius 1 is 1.44 bits per heavy atom. The van der Waals surface area contributed by atoms with Gasteiger partial charge in [-0.1, -0.05) is 23.2 Å². The van der Waals surface area contributed by atoms with Crippen LogP contribution >= 0.6 is 35.0 Å². The molecular weight excluding hydrogens is 267 g/mol. The zero-order chi connectivity index (χ0) is 12.1. The summed E-state index contributed by atoms with van der Waals surface area (Å²) in [5.74, 6) is 7.24. The van der Waals surface area contributed by atoms with Crippen molar-refractivity contribution in [2.24, 2.45) is 5.84 Å². The molecule has 1 unspecified atom stereocenters. The van der Waals surface area contributed by atoms with Gasteiger partial charge >= 0.3 is 0 Å². The number of nitrogens with one attached hydrogen (secondary N) is 2. The average molecular weight is 281 g/mol. The Bertz CT molecular complexity index is 362. The summed E-state index contributed by atoms with van der Waals surface area (Å²) in [4.78, 5) is 4.19. The van der Waals surface area contributed by atoms with E-state index in [1.54, 1.807) is 17.8 Å². The molecule has 7 heteroatoms. The highest BCUT2D eigenvalue weighted by molar-refractivity contribution is 7.98. The van der Waals surface area contributed by atoms with Crippen molar-refractivity contribution in [1.29, 1.82) is 0 Å². The lowest BCUT2D eigenvalue weighted by Gasteiger charge is -2.15. The molecule has 1 atom stereocenters. The summed E-state index contributed by atoms with van der Waals surface area (Å²) >= 11 is 13.6. The summed E-state index contributed by atoms with van der Waals surface area (Å²) in [6.45, 7) is 2.05. The molecule has 0 aliphatic heterocycles. The largest absolute Gasteiger partial charge is 0.365 e. The Hall–Kier alpha value is -0.360. The number of anilines is 2. The van der Waals surface area contributed by atoms with Crippen molar-refractivity contribution in [2.45, 2.75) is 13.0 Å². The quantitative estimate of drug-likeness (QED) is 0.572. The fraction of sp³-hybridized carbons (Fsp3) is 0.444. The number of thioether (sulfide) groups is 1. The number of nitrogens with zero attached hydrogens (tertiary/aromatic N) is 1. The van der Waals surface area contributed by atoms with Gasteiger partial charge in [0.2, 0.25) is 0 Å². The van der Waals surface area contributed by atoms with E-state index in [1.165, 1.54) is 0 Å². The van der Waals surface area contributed by atoms with Gasteiger partial charge in [0.1, 0.15) is 5.82 Å². The molecule has 0 aromatic carbocycles. The SMILES string of the molecule is CSCC(C)Nc1nc(NN)c(Cl)cc1Cl. The summed E-state index contributed by atoms with van der Waals surface area (Å²) < 4.78 is 0. The lowest BCUT2D eigenvalue weighted by molar-refractivity contribution is 0.903. The number of rotatable bonds is 5. The van der Waals surface area contributed by atoms with Crippen LogP contribution in [0.3, 0.4) is 0 Å². The van der Waals surface area contributed by atoms with Crippen molar-refractivity contribution in [1.82, 2.24) is 4.98 Å². The molecule has 1 heterocycles. The first-order chi connectivity index (χ1) is 7.58. The van der Waals surface area contributed by atoms with Crippen LogP contribution in [-0.4, -0.2) is 23.0 Å². The summed E-state index contributed by atoms with van der Waals surface area (Å²) in [5, 5.41) is 4.08. The molecule has 0 spiro atoms. The van der Waals surface area contributed by atoms with E-state index < -0.39 is 0 Å². The lowest BCUT2D eigenvalue weighted by atomic mass is 10.3. The smallest absolute Gasteiger partial charge is 0.161 e. The summed E-state index contributed by atoms with van der Waals surface area (Å²) in [6.07, 6.45) is 2.04. The van der Waals surface area contributed by atoms with Crippen LogP contribution in [-0.2, 0) is 0 Å². The Kier molecular flexibility index (Phi) is 5.48. The van der Waals surface area contributed by atoms with E-state index >= 15 is 0 Å². The molecule has 0 fully saturated rings. The summed E-state index contributed by atoms with van der Waals surface area (Å²) in [7, 11) is 0. The van der Waals surface area contributed by atoms with Gasteiger partial charge in [-0.3, -0.25) is 0 Å². The van der Waals surface area contributed by atoms with Crippen LogP contribution in [0.1, 0.15) is 6.92 Å². The second-order valence-corrected chi connectivity index (χ2v) is 5.02. The van der Waals surface area contributed by atoms with Gasteiger partial charge in [0.25, 0.3) is 0 Å². The van der Waals surface area contributed by atoms with Crippen molar-refractivity contribution in [2.75, 3.05) is 22.8 Å². The highest BCUT2D eigenvalue weighted by atomic mass is 35.5. The van der Waals surface area contributed by atoms with E-state index in [0.717, 1.165) is 5.75 Å². The third-order valence-electron chi connectivity index (χ3n) is 1.87. The van der Waals surface area contributed by atoms with Crippen LogP contribution in [0.2, 0.25) is 10.0 Å². The molecule has 4 nitrogen and oxygen atoms in total. The molecule has 4 N–H and O–H groups in total. The number of hydrogen-bond donors (Lipinski definition) is 3. The predicted molar refractivity (Wildman–Crippen MR) is 73.5 cm³/mol. The van der Waals surface area contributed by atoms with Gasteiger partial charge in [-0.2, -0.15) is 11.8 Å². The van der Waals surface area contributed by atoms with Gasteiger partial charge < -0.3 is 10.7 Å². The third kappa shape index (κ3) is 3.59. The van der Waals surface area contributed by atoms with Gasteiger partial charge in [0.05, 0.1) is 10.0 Å². The van der Waals surface area contributed by atoms with Crippen molar-refractivity contribution in [3.05, 3.63) is 16.1 Å². The zero-order valence-corrected chi connectivity index (χ0v) is 11.4. The van der Waals surface area contributed by atoms with E-state index in [2.05, 4.69) is 22.7 Å². The molecule has 0 aliphatic carbocycles. The van der Waals surface area contributed by atoms with Crippen molar-refractivity contribution in [3.8, 4) is 0 Å². The first-order valence-corrected chi connectivity index (χ1v) is 6.81. The van der Waals surface area contributed by atoms with Crippen LogP contribution in [0.15, 0.2) is 6.07 Å². The second kappa shape index (κ2) is 6.39. The molecule has 1 aromatic rings. The number of halogens is 2. The molecule has 1 rings (SSSR count). The van der Waals surface area contributed by atoms with E-state index in [9.17, 15) is 0 Å². The maximum Gasteiger partial charge on any atom is 0.161 e. The first-order valence-electron chi connectivity index (χ1n) is 4.66. The maximum absolute atomic E-state index is 6.02. The van der Waals surface area contributed by atoms with Crippen LogP contribution in [0.5, 0.6) is 0 Å². The van der Waals surface area contributed by atoms with Gasteiger partial charge in [-0.15, -0.1) is 0 Å². The van der Waals surface area contributed by atoms with E-state index in [-0.39, 0.29) is 6.04 Å². The molecule has 0 radical (unpaired) electrons. The zero-order valence-electron chi connectivity index (χ0n) is 9.05. The Labute approximate surface area is 109 Å². The molecule has 0 aliphatic rings. The Morgan fingerprint density at radius 3 is 2.62 bits per heavy atom. The average Bonchev–Trinajstić information content (AvgIpc) is 2.22. The Balaban J connectivity index is 2.87. The number of hydrogen-bond acceptors (Lipinski definition) is 5. The number of aromatic nitrogens is 1. The topological polar surface area (TPSA) is 63.0 Å². The van der Waals surface area contributed by atoms with Crippen molar-refractivity contribution < 1.29 is 0 Å². The number of pyridine rings is 1. The minimum Gasteiger partial charge on any atom is -0.365 e. The maximum atomic E-state index is 6.02. The molecule has 0 bridgehead atoms. The first kappa shape index (κ1) is 13.7. The summed E-state index contributed by atoms with van der Waals surface area (Å²) in [6, 6.07) is 1.88. The highest BCUT2D eigenvalue weighted by Gasteiger charge is 2.10. The van der Waals surface area contributed by atoms with Gasteiger partial charge in [0.15, 0.2) is 5.82 Å². The second-order valence-electron chi connectivity index (χ2n) is 3.29. The Morgan fingerprint density at radius 2 is 2.06 bits per heavy atom. The molecule has 16 heavy (non-hydrogen) atoms. The van der Waals surface area contributed by atoms with Gasteiger partial charge in [-0.05, 0) is 19.2 Å². The van der Waals surface area contributed by atoms with Gasteiger partial charge in [-0.25, -0.2) is 10.8 Å². The fourth-order valence-corrected chi connectivity index (χ4v) is 2.25. The minimum atomic E-state index is 0.270. The molecular formula is C9H14Cl2N4S. The molecule has 1 aromatic heterocycles. The third-order valence-corrected chi connectivity index (χ3v) is 3.28. The fourth-order valence-electron chi connectivity index (χ4n) is 1.19. The monoisotopic (exact) mass is 280 g/mol. The van der Waals surface area contributed by atoms with Crippen LogP contribution in [0.4, 0.5) is 11.6 Å². The van der Waals surface area contributed by atoms with E-state index in [0.29, 0.717) is 21.7 Å². The standard InChI is InChI=1S/C9H14Cl2N4S/c1-5(4-16-2)13-8-6(10)3-7(11)9(14-8)15-12/h3,5H,4,12H2,1-2H3,(H2,13,14,15). The molecule has 0 amide bonds. The molecule has 90 valence electrons. The van der Waals surface area contributed by atoms with Crippen LogP contribution in [0.25, 0.3) is 0 Å². The van der Waals surface area contributed by atoms with E-state index in [4.69, 9.17) is 29.0 Å². The van der Waals surface area contributed by atoms with Crippen LogP contribution in [0, 0.1) is 0 Å². The van der Waals surface area contributed by atoms with Crippen molar-refractivity contribution >= 4 is 46.6 Å². The lowest BCUT2D eigenvalue weighted by Crippen LogP contribution is -2.19. The highest BCUT2D eigenvalue weighted by Crippen LogP contribution is 2.29. The van der Waals surface area contributed by atoms with Crippen LogP contribution < -0.4 is 16.6 Å². The summed E-state index contributed by atoms with van der Waals surface area (Å²) in [5.41, 5.74) is 2.42. The number of nitrogen functional groups attached to an aromatic ring is 1. The predicted octanol–water partition coefficient (Wildman–Crippen LogP) is 2.84. The molecule has 0 saturated carbocycles. The van der Waals surface area contributed by atoms with Gasteiger partial charge in [0, 0.05) is 11.8 Å². The number of nitrogens with two attached hydrogens (primary N) is 1. The normalized spacial score (nSPS) is 12.3. The van der Waals surface area contributed by atoms with E-state index in [1.807, 2.05) is 6.26 Å². The van der Waals surface area contributed by atoms with Crippen molar-refractivity contribution in [3.63, 3.8) is 0 Å². The molecule has 0 saturated heterocycles. The minimum absolute atomic E-state index is 0.270. The number of hydrazine groups is 1.